The fourth-order valence-corrected chi connectivity index (χ4v) is 1.43. The van der Waals surface area contributed by atoms with Gasteiger partial charge in [0, 0.05) is 6.04 Å². The molecule has 0 fully saturated rings. The van der Waals surface area contributed by atoms with Crippen molar-refractivity contribution in [2.24, 2.45) is 5.73 Å². The largest absolute Gasteiger partial charge is 0.416 e. The minimum Gasteiger partial charge on any atom is -0.324 e. The summed E-state index contributed by atoms with van der Waals surface area (Å²) < 4.78 is 75.0. The zero-order valence-corrected chi connectivity index (χ0v) is 10.6. The molecule has 8 heteroatoms. The van der Waals surface area contributed by atoms with Crippen LogP contribution in [0.1, 0.15) is 36.1 Å². The van der Waals surface area contributed by atoms with E-state index in [4.69, 9.17) is 5.73 Å². The van der Waals surface area contributed by atoms with Gasteiger partial charge in [-0.3, -0.25) is 0 Å². The van der Waals surface area contributed by atoms with Crippen LogP contribution in [0.3, 0.4) is 0 Å². The van der Waals surface area contributed by atoms with Gasteiger partial charge in [-0.25, -0.2) is 0 Å². The van der Waals surface area contributed by atoms with Gasteiger partial charge in [-0.05, 0) is 30.2 Å². The highest BCUT2D eigenvalue weighted by Crippen LogP contribution is 2.37. The number of halogens is 7. The minimum atomic E-state index is -4.83. The molecule has 0 bridgehead atoms. The highest BCUT2D eigenvalue weighted by molar-refractivity contribution is 5.85. The molecule has 0 aliphatic carbocycles. The third kappa shape index (κ3) is 4.58. The van der Waals surface area contributed by atoms with Crippen molar-refractivity contribution >= 4 is 12.4 Å². The Labute approximate surface area is 112 Å². The highest BCUT2D eigenvalue weighted by Gasteiger charge is 2.37. The lowest BCUT2D eigenvalue weighted by molar-refractivity contribution is -0.143. The van der Waals surface area contributed by atoms with Crippen molar-refractivity contribution in [1.82, 2.24) is 0 Å². The Morgan fingerprint density at radius 3 is 1.58 bits per heavy atom. The Morgan fingerprint density at radius 1 is 0.947 bits per heavy atom. The molecule has 0 aliphatic heterocycles. The molecule has 2 N–H and O–H groups in total. The first-order valence-electron chi connectivity index (χ1n) is 5.10. The van der Waals surface area contributed by atoms with E-state index in [1.165, 1.54) is 0 Å². The molecule has 1 rings (SSSR count). The standard InChI is InChI=1S/C11H11F6N.ClH/c1-2-9(18)6-3-7(10(12,13)14)5-8(4-6)11(15,16)17;/h3-5,9H,2,18H2,1H3;1H/t9-;/m0./s1. The molecular formula is C11H12ClF6N. The Bertz CT molecular complexity index is 394. The van der Waals surface area contributed by atoms with Crippen LogP contribution in [0, 0.1) is 0 Å². The number of hydrogen-bond donors (Lipinski definition) is 1. The zero-order valence-electron chi connectivity index (χ0n) is 9.77. The van der Waals surface area contributed by atoms with E-state index >= 15 is 0 Å². The smallest absolute Gasteiger partial charge is 0.324 e. The van der Waals surface area contributed by atoms with E-state index in [0.717, 1.165) is 0 Å². The molecule has 1 atom stereocenters. The van der Waals surface area contributed by atoms with Crippen LogP contribution in [0.25, 0.3) is 0 Å². The summed E-state index contributed by atoms with van der Waals surface area (Å²) in [5.41, 5.74) is 2.64. The fraction of sp³-hybridized carbons (Fsp3) is 0.455. The number of alkyl halides is 6. The van der Waals surface area contributed by atoms with E-state index in [1.54, 1.807) is 6.92 Å². The molecule has 0 amide bonds. The van der Waals surface area contributed by atoms with Crippen molar-refractivity contribution < 1.29 is 26.3 Å². The number of nitrogens with two attached hydrogens (primary N) is 1. The molecular weight excluding hydrogens is 296 g/mol. The second-order valence-corrected chi connectivity index (χ2v) is 3.85. The normalized spacial score (nSPS) is 13.9. The van der Waals surface area contributed by atoms with E-state index < -0.39 is 29.5 Å². The lowest BCUT2D eigenvalue weighted by atomic mass is 9.99. The fourth-order valence-electron chi connectivity index (χ4n) is 1.43. The molecule has 0 saturated carbocycles. The van der Waals surface area contributed by atoms with Gasteiger partial charge >= 0.3 is 12.4 Å². The third-order valence-corrected chi connectivity index (χ3v) is 2.48. The van der Waals surface area contributed by atoms with Crippen molar-refractivity contribution in [1.29, 1.82) is 0 Å². The SMILES string of the molecule is CC[C@H](N)c1cc(C(F)(F)F)cc(C(F)(F)F)c1.Cl. The van der Waals surface area contributed by atoms with Gasteiger partial charge in [-0.1, -0.05) is 6.92 Å². The summed E-state index contributed by atoms with van der Waals surface area (Å²) in [4.78, 5) is 0. The second kappa shape index (κ2) is 6.00. The van der Waals surface area contributed by atoms with Crippen LogP contribution in [0.15, 0.2) is 18.2 Å². The quantitative estimate of drug-likeness (QED) is 0.797. The molecule has 1 aromatic carbocycles. The van der Waals surface area contributed by atoms with Crippen LogP contribution in [-0.4, -0.2) is 0 Å². The van der Waals surface area contributed by atoms with Gasteiger partial charge in [0.05, 0.1) is 11.1 Å². The zero-order chi connectivity index (χ0) is 14.1. The maximum Gasteiger partial charge on any atom is 0.416 e. The Kier molecular flexibility index (Phi) is 5.70. The lowest BCUT2D eigenvalue weighted by Gasteiger charge is -2.16. The lowest BCUT2D eigenvalue weighted by Crippen LogP contribution is -2.15. The summed E-state index contributed by atoms with van der Waals surface area (Å²) in [7, 11) is 0. The summed E-state index contributed by atoms with van der Waals surface area (Å²) in [6.07, 6.45) is -9.41. The Hall–Kier alpha value is -0.950. The van der Waals surface area contributed by atoms with E-state index in [2.05, 4.69) is 0 Å². The first kappa shape index (κ1) is 18.0. The summed E-state index contributed by atoms with van der Waals surface area (Å²) in [6.45, 7) is 1.58. The van der Waals surface area contributed by atoms with E-state index in [-0.39, 0.29) is 30.5 Å². The summed E-state index contributed by atoms with van der Waals surface area (Å²) in [5.74, 6) is 0. The number of rotatable bonds is 2. The van der Waals surface area contributed by atoms with Crippen molar-refractivity contribution in [3.05, 3.63) is 34.9 Å². The van der Waals surface area contributed by atoms with Crippen LogP contribution in [0.2, 0.25) is 0 Å². The first-order chi connectivity index (χ1) is 8.05. The van der Waals surface area contributed by atoms with Crippen LogP contribution >= 0.6 is 12.4 Å². The van der Waals surface area contributed by atoms with Crippen molar-refractivity contribution in [2.75, 3.05) is 0 Å². The Balaban J connectivity index is 0.00000324. The average molecular weight is 308 g/mol. The molecule has 0 spiro atoms. The highest BCUT2D eigenvalue weighted by atomic mass is 35.5. The van der Waals surface area contributed by atoms with Gasteiger partial charge in [-0.15, -0.1) is 12.4 Å². The molecule has 0 heterocycles. The van der Waals surface area contributed by atoms with Gasteiger partial charge in [0.2, 0.25) is 0 Å². The third-order valence-electron chi connectivity index (χ3n) is 2.48. The molecule has 0 aromatic heterocycles. The number of hydrogen-bond acceptors (Lipinski definition) is 1. The minimum absolute atomic E-state index is 0. The molecule has 0 unspecified atom stereocenters. The van der Waals surface area contributed by atoms with Crippen LogP contribution in [-0.2, 0) is 12.4 Å². The summed E-state index contributed by atoms with van der Waals surface area (Å²) >= 11 is 0. The van der Waals surface area contributed by atoms with Gasteiger partial charge in [0.15, 0.2) is 0 Å². The maximum absolute atomic E-state index is 12.5. The van der Waals surface area contributed by atoms with E-state index in [9.17, 15) is 26.3 Å². The Morgan fingerprint density at radius 2 is 1.32 bits per heavy atom. The monoisotopic (exact) mass is 307 g/mol. The molecule has 19 heavy (non-hydrogen) atoms. The predicted molar refractivity (Wildman–Crippen MR) is 60.9 cm³/mol. The van der Waals surface area contributed by atoms with Crippen molar-refractivity contribution in [2.45, 2.75) is 31.7 Å². The van der Waals surface area contributed by atoms with Gasteiger partial charge in [0.25, 0.3) is 0 Å². The van der Waals surface area contributed by atoms with Crippen LogP contribution in [0.4, 0.5) is 26.3 Å². The summed E-state index contributed by atoms with van der Waals surface area (Å²) in [6, 6.07) is 0.548. The predicted octanol–water partition coefficient (Wildman–Crippen LogP) is 4.56. The molecule has 1 aromatic rings. The molecule has 110 valence electrons. The summed E-state index contributed by atoms with van der Waals surface area (Å²) in [5, 5.41) is 0. The van der Waals surface area contributed by atoms with Gasteiger partial charge < -0.3 is 5.73 Å². The molecule has 1 nitrogen and oxygen atoms in total. The maximum atomic E-state index is 12.5. The first-order valence-corrected chi connectivity index (χ1v) is 5.10. The molecule has 0 radical (unpaired) electrons. The van der Waals surface area contributed by atoms with Crippen LogP contribution < -0.4 is 5.73 Å². The number of benzene rings is 1. The van der Waals surface area contributed by atoms with Crippen molar-refractivity contribution in [3.8, 4) is 0 Å². The van der Waals surface area contributed by atoms with Gasteiger partial charge in [0.1, 0.15) is 0 Å². The average Bonchev–Trinajstić information content (AvgIpc) is 2.25. The van der Waals surface area contributed by atoms with E-state index in [1.807, 2.05) is 0 Å². The topological polar surface area (TPSA) is 26.0 Å². The van der Waals surface area contributed by atoms with Crippen LogP contribution in [0.5, 0.6) is 0 Å². The van der Waals surface area contributed by atoms with Crippen molar-refractivity contribution in [3.63, 3.8) is 0 Å². The molecule has 0 aliphatic rings. The molecule has 0 saturated heterocycles. The second-order valence-electron chi connectivity index (χ2n) is 3.85. The van der Waals surface area contributed by atoms with Gasteiger partial charge in [-0.2, -0.15) is 26.3 Å². The van der Waals surface area contributed by atoms with E-state index in [0.29, 0.717) is 12.1 Å².